The minimum absolute atomic E-state index is 0.0930. The van der Waals surface area contributed by atoms with Gasteiger partial charge in [0.25, 0.3) is 0 Å². The summed E-state index contributed by atoms with van der Waals surface area (Å²) in [6, 6.07) is 23.1. The first-order valence-electron chi connectivity index (χ1n) is 12.2. The second-order valence-electron chi connectivity index (χ2n) is 8.77. The fourth-order valence-corrected chi connectivity index (χ4v) is 4.63. The number of benzene rings is 3. The van der Waals surface area contributed by atoms with E-state index in [1.165, 1.54) is 4.90 Å². The number of ether oxygens (including phenoxy) is 2. The molecule has 3 aromatic carbocycles. The molecule has 0 unspecified atom stereocenters. The monoisotopic (exact) mass is 497 g/mol. The molecule has 1 aliphatic heterocycles. The first kappa shape index (κ1) is 24.1. The standard InChI is InChI=1S/C29H27N3O5/c1-2-36-28(34)21-13-7-9-15-24(21)31-27(33)26-16-22-20-12-6-8-14-23(20)30-25(22)17-32(26)29(35)37-18-19-10-4-3-5-11-19/h3-15,26,30H,2,16-18H2,1H3,(H,31,33)/t26-/m1/s1. The SMILES string of the molecule is CCOC(=O)c1ccccc1NC(=O)[C@H]1Cc2c([nH]c3ccccc23)CN1C(=O)OCc1ccccc1. The Morgan fingerprint density at radius 3 is 2.49 bits per heavy atom. The van der Waals surface area contributed by atoms with Gasteiger partial charge in [0.15, 0.2) is 0 Å². The van der Waals surface area contributed by atoms with Crippen LogP contribution in [-0.2, 0) is 33.8 Å². The molecule has 0 saturated carbocycles. The summed E-state index contributed by atoms with van der Waals surface area (Å²) in [5.74, 6) is -0.940. The van der Waals surface area contributed by atoms with Crippen molar-refractivity contribution in [2.24, 2.45) is 0 Å². The second-order valence-corrected chi connectivity index (χ2v) is 8.77. The molecule has 5 rings (SSSR count). The third-order valence-electron chi connectivity index (χ3n) is 6.43. The Morgan fingerprint density at radius 1 is 0.946 bits per heavy atom. The highest BCUT2D eigenvalue weighted by molar-refractivity contribution is 6.04. The highest BCUT2D eigenvalue weighted by Crippen LogP contribution is 2.31. The molecule has 37 heavy (non-hydrogen) atoms. The number of fused-ring (bicyclic) bond motifs is 3. The molecule has 0 aliphatic carbocycles. The Kier molecular flexibility index (Phi) is 6.89. The number of carbonyl (C=O) groups is 3. The van der Waals surface area contributed by atoms with Crippen molar-refractivity contribution in [2.45, 2.75) is 32.5 Å². The number of amides is 2. The summed E-state index contributed by atoms with van der Waals surface area (Å²) < 4.78 is 10.7. The minimum Gasteiger partial charge on any atom is -0.462 e. The van der Waals surface area contributed by atoms with Crippen LogP contribution >= 0.6 is 0 Å². The van der Waals surface area contributed by atoms with Crippen LogP contribution < -0.4 is 5.32 Å². The van der Waals surface area contributed by atoms with Crippen LogP contribution in [0.2, 0.25) is 0 Å². The molecule has 2 N–H and O–H groups in total. The number of rotatable bonds is 6. The molecule has 8 nitrogen and oxygen atoms in total. The maximum Gasteiger partial charge on any atom is 0.411 e. The van der Waals surface area contributed by atoms with E-state index < -0.39 is 24.0 Å². The predicted molar refractivity (Wildman–Crippen MR) is 139 cm³/mol. The lowest BCUT2D eigenvalue weighted by Gasteiger charge is -2.34. The summed E-state index contributed by atoms with van der Waals surface area (Å²) in [7, 11) is 0. The van der Waals surface area contributed by atoms with Gasteiger partial charge in [0, 0.05) is 23.0 Å². The van der Waals surface area contributed by atoms with Crippen LogP contribution in [0.25, 0.3) is 10.9 Å². The molecule has 0 bridgehead atoms. The number of hydrogen-bond donors (Lipinski definition) is 2. The van der Waals surface area contributed by atoms with Crippen molar-refractivity contribution in [3.63, 3.8) is 0 Å². The van der Waals surface area contributed by atoms with E-state index in [0.717, 1.165) is 27.7 Å². The van der Waals surface area contributed by atoms with Crippen LogP contribution in [0.3, 0.4) is 0 Å². The van der Waals surface area contributed by atoms with Gasteiger partial charge in [-0.3, -0.25) is 9.69 Å². The topological polar surface area (TPSA) is 101 Å². The number of anilines is 1. The van der Waals surface area contributed by atoms with E-state index >= 15 is 0 Å². The molecule has 0 radical (unpaired) electrons. The van der Waals surface area contributed by atoms with Gasteiger partial charge < -0.3 is 19.8 Å². The Hall–Kier alpha value is -4.59. The minimum atomic E-state index is -0.842. The fourth-order valence-electron chi connectivity index (χ4n) is 4.63. The Morgan fingerprint density at radius 2 is 1.68 bits per heavy atom. The van der Waals surface area contributed by atoms with Gasteiger partial charge in [-0.1, -0.05) is 60.7 Å². The Labute approximate surface area is 214 Å². The Bertz CT molecular complexity index is 1450. The van der Waals surface area contributed by atoms with Crippen molar-refractivity contribution in [3.05, 3.63) is 101 Å². The summed E-state index contributed by atoms with van der Waals surface area (Å²) in [4.78, 5) is 44.1. The highest BCUT2D eigenvalue weighted by atomic mass is 16.6. The summed E-state index contributed by atoms with van der Waals surface area (Å²) in [6.07, 6.45) is -0.292. The first-order valence-corrected chi connectivity index (χ1v) is 12.2. The number of aromatic nitrogens is 1. The lowest BCUT2D eigenvalue weighted by Crippen LogP contribution is -2.50. The van der Waals surface area contributed by atoms with Gasteiger partial charge in [-0.05, 0) is 36.2 Å². The quantitative estimate of drug-likeness (QED) is 0.363. The summed E-state index contributed by atoms with van der Waals surface area (Å²) in [5, 5.41) is 3.86. The summed E-state index contributed by atoms with van der Waals surface area (Å²) in [5.41, 5.74) is 4.23. The number of nitrogens with one attached hydrogen (secondary N) is 2. The van der Waals surface area contributed by atoms with Gasteiger partial charge in [-0.25, -0.2) is 9.59 Å². The molecule has 4 aromatic rings. The zero-order valence-electron chi connectivity index (χ0n) is 20.4. The third-order valence-corrected chi connectivity index (χ3v) is 6.43. The number of para-hydroxylation sites is 2. The van der Waals surface area contributed by atoms with Gasteiger partial charge in [0.2, 0.25) is 5.91 Å². The van der Waals surface area contributed by atoms with Crippen molar-refractivity contribution >= 4 is 34.6 Å². The molecule has 0 fully saturated rings. The molecule has 2 heterocycles. The molecular weight excluding hydrogens is 470 g/mol. The first-order chi connectivity index (χ1) is 18.0. The molecule has 1 aromatic heterocycles. The number of nitrogens with zero attached hydrogens (tertiary/aromatic N) is 1. The van der Waals surface area contributed by atoms with Crippen molar-refractivity contribution < 1.29 is 23.9 Å². The lowest BCUT2D eigenvalue weighted by atomic mass is 9.96. The lowest BCUT2D eigenvalue weighted by molar-refractivity contribution is -0.121. The van der Waals surface area contributed by atoms with Crippen LogP contribution in [0.5, 0.6) is 0 Å². The van der Waals surface area contributed by atoms with Gasteiger partial charge >= 0.3 is 12.1 Å². The van der Waals surface area contributed by atoms with Crippen LogP contribution in [0.4, 0.5) is 10.5 Å². The molecule has 2 amide bonds. The van der Waals surface area contributed by atoms with Crippen LogP contribution in [0.15, 0.2) is 78.9 Å². The average molecular weight is 498 g/mol. The van der Waals surface area contributed by atoms with Gasteiger partial charge in [-0.2, -0.15) is 0 Å². The number of H-pyrrole nitrogens is 1. The van der Waals surface area contributed by atoms with Crippen molar-refractivity contribution in [2.75, 3.05) is 11.9 Å². The van der Waals surface area contributed by atoms with E-state index in [4.69, 9.17) is 9.47 Å². The zero-order valence-corrected chi connectivity index (χ0v) is 20.4. The van der Waals surface area contributed by atoms with E-state index in [9.17, 15) is 14.4 Å². The van der Waals surface area contributed by atoms with Crippen LogP contribution in [-0.4, -0.2) is 40.5 Å². The number of aromatic amines is 1. The number of esters is 1. The summed E-state index contributed by atoms with van der Waals surface area (Å²) >= 11 is 0. The van der Waals surface area contributed by atoms with Crippen LogP contribution in [0, 0.1) is 0 Å². The smallest absolute Gasteiger partial charge is 0.411 e. The van der Waals surface area contributed by atoms with E-state index in [2.05, 4.69) is 10.3 Å². The molecule has 1 aliphatic rings. The largest absolute Gasteiger partial charge is 0.462 e. The maximum absolute atomic E-state index is 13.6. The second kappa shape index (κ2) is 10.6. The molecular formula is C29H27N3O5. The summed E-state index contributed by atoms with van der Waals surface area (Å²) in [6.45, 7) is 2.22. The third kappa shape index (κ3) is 5.04. The van der Waals surface area contributed by atoms with Gasteiger partial charge in [0.1, 0.15) is 12.6 Å². The number of hydrogen-bond acceptors (Lipinski definition) is 5. The van der Waals surface area contributed by atoms with E-state index in [1.807, 2.05) is 54.6 Å². The molecule has 188 valence electrons. The average Bonchev–Trinajstić information content (AvgIpc) is 3.29. The molecule has 8 heteroatoms. The van der Waals surface area contributed by atoms with E-state index in [1.54, 1.807) is 31.2 Å². The normalized spacial score (nSPS) is 14.6. The van der Waals surface area contributed by atoms with Crippen LogP contribution in [0.1, 0.15) is 34.1 Å². The maximum atomic E-state index is 13.6. The van der Waals surface area contributed by atoms with Crippen molar-refractivity contribution in [1.29, 1.82) is 0 Å². The fraction of sp³-hybridized carbons (Fsp3) is 0.207. The van der Waals surface area contributed by atoms with Gasteiger partial charge in [0.05, 0.1) is 24.4 Å². The zero-order chi connectivity index (χ0) is 25.8. The number of carbonyl (C=O) groups excluding carboxylic acids is 3. The Balaban J connectivity index is 1.43. The van der Waals surface area contributed by atoms with E-state index in [0.29, 0.717) is 12.1 Å². The van der Waals surface area contributed by atoms with Gasteiger partial charge in [-0.15, -0.1) is 0 Å². The van der Waals surface area contributed by atoms with Crippen molar-refractivity contribution in [3.8, 4) is 0 Å². The molecule has 1 atom stereocenters. The van der Waals surface area contributed by atoms with E-state index in [-0.39, 0.29) is 25.3 Å². The highest BCUT2D eigenvalue weighted by Gasteiger charge is 2.37. The molecule has 0 saturated heterocycles. The molecule has 0 spiro atoms. The van der Waals surface area contributed by atoms with Crippen molar-refractivity contribution in [1.82, 2.24) is 9.88 Å². The predicted octanol–water partition coefficient (Wildman–Crippen LogP) is 5.05.